The number of benzene rings is 3. The first-order valence-electron chi connectivity index (χ1n) is 11.4. The SMILES string of the molecule is CN(C)Cc1cncc(-c2ccc3[nH]nc(-c4nc5c(-c6ccc(F)cc6)cccc5[nH]4)c3c2)c1. The summed E-state index contributed by atoms with van der Waals surface area (Å²) in [5, 5.41) is 8.68. The van der Waals surface area contributed by atoms with Gasteiger partial charge in [0.15, 0.2) is 5.82 Å². The molecule has 0 aliphatic rings. The van der Waals surface area contributed by atoms with Gasteiger partial charge in [0.05, 0.1) is 16.6 Å². The summed E-state index contributed by atoms with van der Waals surface area (Å²) in [4.78, 5) is 14.9. The highest BCUT2D eigenvalue weighted by atomic mass is 19.1. The van der Waals surface area contributed by atoms with Gasteiger partial charge in [-0.1, -0.05) is 30.3 Å². The summed E-state index contributed by atoms with van der Waals surface area (Å²) in [5.41, 5.74) is 8.53. The zero-order chi connectivity index (χ0) is 23.9. The molecule has 0 saturated heterocycles. The topological polar surface area (TPSA) is 73.5 Å². The van der Waals surface area contributed by atoms with E-state index in [9.17, 15) is 4.39 Å². The molecule has 0 saturated carbocycles. The number of nitrogens with one attached hydrogen (secondary N) is 2. The van der Waals surface area contributed by atoms with Crippen LogP contribution in [-0.2, 0) is 6.54 Å². The van der Waals surface area contributed by atoms with Crippen molar-refractivity contribution in [3.05, 3.63) is 90.5 Å². The zero-order valence-electron chi connectivity index (χ0n) is 19.4. The van der Waals surface area contributed by atoms with Gasteiger partial charge in [-0.15, -0.1) is 0 Å². The lowest BCUT2D eigenvalue weighted by Crippen LogP contribution is -2.10. The number of nitrogens with zero attached hydrogens (tertiary/aromatic N) is 4. The van der Waals surface area contributed by atoms with Crippen molar-refractivity contribution in [2.24, 2.45) is 0 Å². The standard InChI is InChI=1S/C28H23FN6/c1-35(2)16-17-12-20(15-30-14-17)19-8-11-24-23(13-19)27(34-33-24)28-31-25-5-3-4-22(26(25)32-28)18-6-9-21(29)10-7-18/h3-15H,16H2,1-2H3,(H,31,32)(H,33,34). The average molecular weight is 463 g/mol. The molecule has 0 spiro atoms. The Labute approximate surface area is 201 Å². The Kier molecular flexibility index (Phi) is 5.12. The van der Waals surface area contributed by atoms with E-state index in [2.05, 4.69) is 43.3 Å². The molecule has 0 aliphatic carbocycles. The molecule has 3 aromatic carbocycles. The molecule has 0 atom stereocenters. The minimum atomic E-state index is -0.259. The van der Waals surface area contributed by atoms with Crippen LogP contribution in [0, 0.1) is 5.82 Å². The number of para-hydroxylation sites is 1. The van der Waals surface area contributed by atoms with Gasteiger partial charge in [0.2, 0.25) is 0 Å². The van der Waals surface area contributed by atoms with Crippen LogP contribution in [-0.4, -0.2) is 44.1 Å². The number of aromatic nitrogens is 5. The van der Waals surface area contributed by atoms with Gasteiger partial charge >= 0.3 is 0 Å². The van der Waals surface area contributed by atoms with Crippen LogP contribution < -0.4 is 0 Å². The number of fused-ring (bicyclic) bond motifs is 2. The van der Waals surface area contributed by atoms with Crippen molar-refractivity contribution in [1.29, 1.82) is 0 Å². The van der Waals surface area contributed by atoms with E-state index in [4.69, 9.17) is 4.98 Å². The normalized spacial score (nSPS) is 11.7. The van der Waals surface area contributed by atoms with Gasteiger partial charge in [-0.3, -0.25) is 10.1 Å². The predicted molar refractivity (Wildman–Crippen MR) is 137 cm³/mol. The van der Waals surface area contributed by atoms with Crippen molar-refractivity contribution in [3.8, 4) is 33.8 Å². The average Bonchev–Trinajstić information content (AvgIpc) is 3.48. The molecule has 0 radical (unpaired) electrons. The fourth-order valence-corrected chi connectivity index (χ4v) is 4.48. The highest BCUT2D eigenvalue weighted by Gasteiger charge is 2.16. The molecule has 3 aromatic heterocycles. The molecular weight excluding hydrogens is 439 g/mol. The summed E-state index contributed by atoms with van der Waals surface area (Å²) in [6, 6.07) is 20.8. The fourth-order valence-electron chi connectivity index (χ4n) is 4.48. The van der Waals surface area contributed by atoms with E-state index in [-0.39, 0.29) is 5.82 Å². The number of rotatable bonds is 5. The molecular formula is C28H23FN6. The van der Waals surface area contributed by atoms with E-state index in [1.165, 1.54) is 12.1 Å². The second kappa shape index (κ2) is 8.45. The maximum Gasteiger partial charge on any atom is 0.159 e. The van der Waals surface area contributed by atoms with Gasteiger partial charge in [-0.05, 0) is 67.2 Å². The zero-order valence-corrected chi connectivity index (χ0v) is 19.4. The van der Waals surface area contributed by atoms with Crippen molar-refractivity contribution in [3.63, 3.8) is 0 Å². The third-order valence-corrected chi connectivity index (χ3v) is 6.08. The molecule has 0 bridgehead atoms. The first-order valence-corrected chi connectivity index (χ1v) is 11.4. The van der Waals surface area contributed by atoms with Crippen LogP contribution in [0.1, 0.15) is 5.56 Å². The Bertz CT molecular complexity index is 1660. The molecule has 0 aliphatic heterocycles. The van der Waals surface area contributed by atoms with Crippen LogP contribution in [0.5, 0.6) is 0 Å². The molecule has 0 fully saturated rings. The third kappa shape index (κ3) is 3.96. The van der Waals surface area contributed by atoms with Gasteiger partial charge in [0.1, 0.15) is 11.5 Å². The predicted octanol–water partition coefficient (Wildman–Crippen LogP) is 6.04. The van der Waals surface area contributed by atoms with Crippen LogP contribution in [0.3, 0.4) is 0 Å². The Morgan fingerprint density at radius 2 is 1.69 bits per heavy atom. The van der Waals surface area contributed by atoms with Crippen LogP contribution in [0.4, 0.5) is 4.39 Å². The molecule has 2 N–H and O–H groups in total. The van der Waals surface area contributed by atoms with Gasteiger partial charge in [-0.25, -0.2) is 9.37 Å². The Morgan fingerprint density at radius 3 is 2.51 bits per heavy atom. The minimum absolute atomic E-state index is 0.259. The molecule has 3 heterocycles. The Morgan fingerprint density at radius 1 is 0.857 bits per heavy atom. The molecule has 7 heteroatoms. The number of hydrogen-bond donors (Lipinski definition) is 2. The largest absolute Gasteiger partial charge is 0.337 e. The molecule has 0 amide bonds. The molecule has 35 heavy (non-hydrogen) atoms. The number of hydrogen-bond acceptors (Lipinski definition) is 4. The van der Waals surface area contributed by atoms with Crippen molar-refractivity contribution in [2.45, 2.75) is 6.54 Å². The lowest BCUT2D eigenvalue weighted by molar-refractivity contribution is 0.402. The van der Waals surface area contributed by atoms with E-state index in [0.29, 0.717) is 5.82 Å². The molecule has 6 nitrogen and oxygen atoms in total. The van der Waals surface area contributed by atoms with Gasteiger partial charge in [0.25, 0.3) is 0 Å². The second-order valence-corrected chi connectivity index (χ2v) is 8.95. The summed E-state index contributed by atoms with van der Waals surface area (Å²) in [6.45, 7) is 0.829. The lowest BCUT2D eigenvalue weighted by Gasteiger charge is -2.10. The quantitative estimate of drug-likeness (QED) is 0.328. The van der Waals surface area contributed by atoms with Crippen LogP contribution in [0.25, 0.3) is 55.7 Å². The van der Waals surface area contributed by atoms with Crippen molar-refractivity contribution < 1.29 is 4.39 Å². The fraction of sp³-hybridized carbons (Fsp3) is 0.107. The van der Waals surface area contributed by atoms with E-state index in [0.717, 1.165) is 62.0 Å². The summed E-state index contributed by atoms with van der Waals surface area (Å²) in [7, 11) is 4.09. The Balaban J connectivity index is 1.44. The van der Waals surface area contributed by atoms with Crippen LogP contribution in [0.2, 0.25) is 0 Å². The highest BCUT2D eigenvalue weighted by Crippen LogP contribution is 2.33. The van der Waals surface area contributed by atoms with Crippen LogP contribution >= 0.6 is 0 Å². The van der Waals surface area contributed by atoms with Crippen molar-refractivity contribution in [1.82, 2.24) is 30.0 Å². The number of H-pyrrole nitrogens is 2. The van der Waals surface area contributed by atoms with E-state index < -0.39 is 0 Å². The van der Waals surface area contributed by atoms with Gasteiger partial charge in [0, 0.05) is 35.5 Å². The third-order valence-electron chi connectivity index (χ3n) is 6.08. The van der Waals surface area contributed by atoms with E-state index in [1.54, 1.807) is 12.1 Å². The maximum atomic E-state index is 13.4. The second-order valence-electron chi connectivity index (χ2n) is 8.95. The number of aromatic amines is 2. The molecule has 0 unspecified atom stereocenters. The lowest BCUT2D eigenvalue weighted by atomic mass is 10.0. The van der Waals surface area contributed by atoms with Gasteiger partial charge in [-0.2, -0.15) is 5.10 Å². The molecule has 172 valence electrons. The van der Waals surface area contributed by atoms with E-state index in [1.807, 2.05) is 50.8 Å². The highest BCUT2D eigenvalue weighted by molar-refractivity contribution is 5.98. The van der Waals surface area contributed by atoms with Crippen LogP contribution in [0.15, 0.2) is 79.1 Å². The summed E-state index contributed by atoms with van der Waals surface area (Å²) in [5.74, 6) is 0.419. The Hall–Kier alpha value is -4.36. The molecule has 6 rings (SSSR count). The first-order chi connectivity index (χ1) is 17.0. The summed E-state index contributed by atoms with van der Waals surface area (Å²) >= 11 is 0. The van der Waals surface area contributed by atoms with Gasteiger partial charge < -0.3 is 9.88 Å². The summed E-state index contributed by atoms with van der Waals surface area (Å²) < 4.78 is 13.4. The van der Waals surface area contributed by atoms with Crippen molar-refractivity contribution in [2.75, 3.05) is 14.1 Å². The van der Waals surface area contributed by atoms with Crippen molar-refractivity contribution >= 4 is 21.9 Å². The van der Waals surface area contributed by atoms with E-state index >= 15 is 0 Å². The smallest absolute Gasteiger partial charge is 0.159 e. The number of pyridine rings is 1. The number of halogens is 1. The maximum absolute atomic E-state index is 13.4. The molecule has 6 aromatic rings. The minimum Gasteiger partial charge on any atom is -0.337 e. The monoisotopic (exact) mass is 462 g/mol. The first kappa shape index (κ1) is 21.2. The number of imidazole rings is 1. The summed E-state index contributed by atoms with van der Waals surface area (Å²) in [6.07, 6.45) is 3.79.